The van der Waals surface area contributed by atoms with Gasteiger partial charge in [-0.2, -0.15) is 0 Å². The number of amides is 1. The van der Waals surface area contributed by atoms with Gasteiger partial charge in [0.1, 0.15) is 11.5 Å². The van der Waals surface area contributed by atoms with Gasteiger partial charge in [-0.25, -0.2) is 4.39 Å². The van der Waals surface area contributed by atoms with Gasteiger partial charge in [-0.05, 0) is 25.0 Å². The molecule has 0 aromatic heterocycles. The molecule has 0 saturated carbocycles. The zero-order valence-corrected chi connectivity index (χ0v) is 8.37. The topological polar surface area (TPSA) is 46.3 Å². The number of nitrogens with two attached hydrogens (primary N) is 1. The number of benzene rings is 1. The van der Waals surface area contributed by atoms with Crippen molar-refractivity contribution in [2.75, 3.05) is 17.2 Å². The third-order valence-electron chi connectivity index (χ3n) is 2.61. The van der Waals surface area contributed by atoms with Crippen molar-refractivity contribution in [1.82, 2.24) is 0 Å². The Balaban J connectivity index is 2.39. The number of carbonyl (C=O) groups is 1. The Morgan fingerprint density at radius 3 is 2.80 bits per heavy atom. The molecule has 3 nitrogen and oxygen atoms in total. The van der Waals surface area contributed by atoms with Gasteiger partial charge >= 0.3 is 0 Å². The van der Waals surface area contributed by atoms with Gasteiger partial charge in [0.25, 0.3) is 0 Å². The molecular weight excluding hydrogens is 195 g/mol. The molecule has 1 fully saturated rings. The first kappa shape index (κ1) is 9.96. The standard InChI is InChI=1S/C11H13FN2O/c12-8-4-3-5-9(13)11(8)14-7-2-1-6-10(14)15/h3-5H,1-2,6-7,13H2. The maximum Gasteiger partial charge on any atom is 0.227 e. The van der Waals surface area contributed by atoms with Gasteiger partial charge in [0.15, 0.2) is 0 Å². The van der Waals surface area contributed by atoms with Gasteiger partial charge in [-0.1, -0.05) is 6.07 Å². The Morgan fingerprint density at radius 1 is 1.33 bits per heavy atom. The van der Waals surface area contributed by atoms with E-state index in [1.54, 1.807) is 12.1 Å². The Labute approximate surface area is 87.7 Å². The Morgan fingerprint density at radius 2 is 2.13 bits per heavy atom. The third kappa shape index (κ3) is 1.79. The maximum atomic E-state index is 13.5. The molecule has 0 unspecified atom stereocenters. The smallest absolute Gasteiger partial charge is 0.227 e. The zero-order chi connectivity index (χ0) is 10.8. The maximum absolute atomic E-state index is 13.5. The molecule has 1 aromatic rings. The SMILES string of the molecule is Nc1cccc(F)c1N1CCCCC1=O. The molecule has 1 aliphatic heterocycles. The van der Waals surface area contributed by atoms with Gasteiger partial charge in [0, 0.05) is 13.0 Å². The van der Waals surface area contributed by atoms with Crippen molar-refractivity contribution in [2.45, 2.75) is 19.3 Å². The van der Waals surface area contributed by atoms with E-state index in [0.717, 1.165) is 12.8 Å². The monoisotopic (exact) mass is 208 g/mol. The summed E-state index contributed by atoms with van der Waals surface area (Å²) in [5, 5.41) is 0. The van der Waals surface area contributed by atoms with E-state index in [1.807, 2.05) is 0 Å². The molecule has 15 heavy (non-hydrogen) atoms. The van der Waals surface area contributed by atoms with Gasteiger partial charge < -0.3 is 10.6 Å². The number of nitrogen functional groups attached to an aromatic ring is 1. The first-order valence-electron chi connectivity index (χ1n) is 5.04. The predicted molar refractivity (Wildman–Crippen MR) is 57.0 cm³/mol. The average Bonchev–Trinajstić information content (AvgIpc) is 2.20. The quantitative estimate of drug-likeness (QED) is 0.717. The Hall–Kier alpha value is -1.58. The van der Waals surface area contributed by atoms with Crippen molar-refractivity contribution in [3.63, 3.8) is 0 Å². The number of carbonyl (C=O) groups excluding carboxylic acids is 1. The van der Waals surface area contributed by atoms with Crippen LogP contribution in [0.4, 0.5) is 15.8 Å². The summed E-state index contributed by atoms with van der Waals surface area (Å²) in [5.41, 5.74) is 6.24. The number of hydrogen-bond acceptors (Lipinski definition) is 2. The van der Waals surface area contributed by atoms with Crippen LogP contribution in [0.5, 0.6) is 0 Å². The molecule has 0 atom stereocenters. The van der Waals surface area contributed by atoms with Crippen molar-refractivity contribution >= 4 is 17.3 Å². The molecular formula is C11H13FN2O. The highest BCUT2D eigenvalue weighted by Gasteiger charge is 2.23. The molecule has 0 radical (unpaired) electrons. The van der Waals surface area contributed by atoms with Gasteiger partial charge in [-0.15, -0.1) is 0 Å². The number of anilines is 2. The normalized spacial score (nSPS) is 16.9. The Bertz CT molecular complexity index is 372. The summed E-state index contributed by atoms with van der Waals surface area (Å²) in [6, 6.07) is 4.48. The van der Waals surface area contributed by atoms with Crippen LogP contribution in [0, 0.1) is 5.82 Å². The lowest BCUT2D eigenvalue weighted by Gasteiger charge is -2.28. The first-order chi connectivity index (χ1) is 7.20. The zero-order valence-electron chi connectivity index (χ0n) is 8.37. The summed E-state index contributed by atoms with van der Waals surface area (Å²) in [4.78, 5) is 13.1. The molecule has 2 rings (SSSR count). The summed E-state index contributed by atoms with van der Waals surface area (Å²) < 4.78 is 13.5. The fraction of sp³-hybridized carbons (Fsp3) is 0.364. The molecule has 4 heteroatoms. The molecule has 0 spiro atoms. The van der Waals surface area contributed by atoms with Crippen LogP contribution in [0.25, 0.3) is 0 Å². The lowest BCUT2D eigenvalue weighted by atomic mass is 10.1. The van der Waals surface area contributed by atoms with E-state index in [0.29, 0.717) is 18.7 Å². The van der Waals surface area contributed by atoms with Crippen molar-refractivity contribution in [3.8, 4) is 0 Å². The molecule has 0 aliphatic carbocycles. The van der Waals surface area contributed by atoms with Crippen molar-refractivity contribution < 1.29 is 9.18 Å². The highest BCUT2D eigenvalue weighted by molar-refractivity contribution is 5.97. The average molecular weight is 208 g/mol. The summed E-state index contributed by atoms with van der Waals surface area (Å²) in [5.74, 6) is -0.469. The predicted octanol–water partition coefficient (Wildman–Crippen LogP) is 1.92. The molecule has 1 amide bonds. The van der Waals surface area contributed by atoms with E-state index in [-0.39, 0.29) is 11.6 Å². The lowest BCUT2D eigenvalue weighted by Crippen LogP contribution is -2.36. The number of para-hydroxylation sites is 1. The Kier molecular flexibility index (Phi) is 2.58. The number of rotatable bonds is 1. The van der Waals surface area contributed by atoms with E-state index in [2.05, 4.69) is 0 Å². The highest BCUT2D eigenvalue weighted by Crippen LogP contribution is 2.29. The second-order valence-corrected chi connectivity index (χ2v) is 3.68. The van der Waals surface area contributed by atoms with Crippen LogP contribution in [0.1, 0.15) is 19.3 Å². The molecule has 80 valence electrons. The van der Waals surface area contributed by atoms with Crippen LogP contribution in [0.15, 0.2) is 18.2 Å². The van der Waals surface area contributed by atoms with Crippen molar-refractivity contribution in [3.05, 3.63) is 24.0 Å². The molecule has 0 bridgehead atoms. The van der Waals surface area contributed by atoms with Gasteiger partial charge in [-0.3, -0.25) is 4.79 Å². The second kappa shape index (κ2) is 3.88. The van der Waals surface area contributed by atoms with Crippen molar-refractivity contribution in [1.29, 1.82) is 0 Å². The molecule has 1 aromatic carbocycles. The van der Waals surface area contributed by atoms with Crippen molar-refractivity contribution in [2.24, 2.45) is 0 Å². The van der Waals surface area contributed by atoms with E-state index in [1.165, 1.54) is 11.0 Å². The summed E-state index contributed by atoms with van der Waals surface area (Å²) >= 11 is 0. The van der Waals surface area contributed by atoms with Crippen LogP contribution >= 0.6 is 0 Å². The van der Waals surface area contributed by atoms with E-state index in [9.17, 15) is 9.18 Å². The molecule has 1 heterocycles. The lowest BCUT2D eigenvalue weighted by molar-refractivity contribution is -0.119. The summed E-state index contributed by atoms with van der Waals surface area (Å²) in [6.45, 7) is 0.559. The largest absolute Gasteiger partial charge is 0.397 e. The van der Waals surface area contributed by atoms with Crippen LogP contribution in [-0.2, 0) is 4.79 Å². The minimum absolute atomic E-state index is 0.0435. The fourth-order valence-corrected chi connectivity index (χ4v) is 1.86. The number of nitrogens with zero attached hydrogens (tertiary/aromatic N) is 1. The van der Waals surface area contributed by atoms with Crippen LogP contribution in [-0.4, -0.2) is 12.5 Å². The third-order valence-corrected chi connectivity index (χ3v) is 2.61. The van der Waals surface area contributed by atoms with Gasteiger partial charge in [0.05, 0.1) is 5.69 Å². The molecule has 2 N–H and O–H groups in total. The van der Waals surface area contributed by atoms with E-state index < -0.39 is 5.82 Å². The number of halogens is 1. The van der Waals surface area contributed by atoms with Crippen LogP contribution in [0.2, 0.25) is 0 Å². The van der Waals surface area contributed by atoms with E-state index in [4.69, 9.17) is 5.73 Å². The highest BCUT2D eigenvalue weighted by atomic mass is 19.1. The van der Waals surface area contributed by atoms with Gasteiger partial charge in [0.2, 0.25) is 5.91 Å². The van der Waals surface area contributed by atoms with Crippen LogP contribution < -0.4 is 10.6 Å². The first-order valence-corrected chi connectivity index (χ1v) is 5.04. The summed E-state index contributed by atoms with van der Waals surface area (Å²) in [7, 11) is 0. The molecule has 1 saturated heterocycles. The van der Waals surface area contributed by atoms with E-state index >= 15 is 0 Å². The summed E-state index contributed by atoms with van der Waals surface area (Å²) in [6.07, 6.45) is 2.26. The molecule has 1 aliphatic rings. The minimum Gasteiger partial charge on any atom is -0.397 e. The second-order valence-electron chi connectivity index (χ2n) is 3.68. The minimum atomic E-state index is -0.426. The van der Waals surface area contributed by atoms with Crippen LogP contribution in [0.3, 0.4) is 0 Å². The number of hydrogen-bond donors (Lipinski definition) is 1. The fourth-order valence-electron chi connectivity index (χ4n) is 1.86. The number of piperidine rings is 1.